The number of methoxy groups -OCH3 is 2. The summed E-state index contributed by atoms with van der Waals surface area (Å²) in [5.74, 6) is 0.839. The molecule has 2 aliphatic heterocycles. The molecule has 4 atom stereocenters. The highest BCUT2D eigenvalue weighted by Gasteiger charge is 2.43. The molecule has 0 amide bonds. The summed E-state index contributed by atoms with van der Waals surface area (Å²) in [7, 11) is 3.17. The maximum absolute atomic E-state index is 11.1. The number of hydrazone groups is 1. The van der Waals surface area contributed by atoms with Crippen LogP contribution in [0.1, 0.15) is 28.9 Å². The first-order valence-corrected chi connectivity index (χ1v) is 9.81. The van der Waals surface area contributed by atoms with Gasteiger partial charge in [0, 0.05) is 23.2 Å². The number of nitrogens with zero attached hydrogens (tertiary/aromatic N) is 4. The molecule has 0 bridgehead atoms. The third-order valence-corrected chi connectivity index (χ3v) is 6.36. The quantitative estimate of drug-likeness (QED) is 0.591. The van der Waals surface area contributed by atoms with E-state index in [0.29, 0.717) is 17.9 Å². The largest absolute Gasteiger partial charge is 0.493 e. The number of ether oxygens (including phenoxy) is 2. The maximum atomic E-state index is 11.1. The molecule has 4 unspecified atom stereocenters. The van der Waals surface area contributed by atoms with Gasteiger partial charge in [-0.25, -0.2) is 0 Å². The van der Waals surface area contributed by atoms with Gasteiger partial charge in [-0.1, -0.05) is 17.4 Å². The van der Waals surface area contributed by atoms with E-state index in [-0.39, 0.29) is 28.2 Å². The Morgan fingerprint density at radius 2 is 2.10 bits per heavy atom. The van der Waals surface area contributed by atoms with Crippen molar-refractivity contribution < 1.29 is 14.4 Å². The molecule has 10 heteroatoms. The van der Waals surface area contributed by atoms with Crippen LogP contribution >= 0.6 is 11.3 Å². The molecule has 9 nitrogen and oxygen atoms in total. The highest BCUT2D eigenvalue weighted by molar-refractivity contribution is 7.15. The minimum absolute atomic E-state index is 0.103. The Morgan fingerprint density at radius 3 is 2.76 bits per heavy atom. The molecule has 0 saturated carbocycles. The van der Waals surface area contributed by atoms with Gasteiger partial charge in [-0.2, -0.15) is 10.4 Å². The number of benzene rings is 1. The second kappa shape index (κ2) is 7.69. The van der Waals surface area contributed by atoms with Crippen LogP contribution in [0.15, 0.2) is 35.4 Å². The summed E-state index contributed by atoms with van der Waals surface area (Å²) in [6, 6.07) is 11.0. The first-order chi connectivity index (χ1) is 14.0. The van der Waals surface area contributed by atoms with Crippen LogP contribution in [0.2, 0.25) is 0 Å². The lowest BCUT2D eigenvalue weighted by molar-refractivity contribution is -0.380. The molecule has 4 rings (SSSR count). The summed E-state index contributed by atoms with van der Waals surface area (Å²) >= 11 is 1.15. The highest BCUT2D eigenvalue weighted by Crippen LogP contribution is 2.44. The molecule has 0 aliphatic carbocycles. The maximum Gasteiger partial charge on any atom is 0.324 e. The van der Waals surface area contributed by atoms with Gasteiger partial charge in [0.25, 0.3) is 0 Å². The highest BCUT2D eigenvalue weighted by atomic mass is 32.1. The van der Waals surface area contributed by atoms with E-state index in [1.807, 2.05) is 23.2 Å². The predicted octanol–water partition coefficient (Wildman–Crippen LogP) is 3.22. The molecule has 1 aromatic heterocycles. The van der Waals surface area contributed by atoms with E-state index >= 15 is 0 Å². The topological polar surface area (TPSA) is 113 Å². The van der Waals surface area contributed by atoms with Crippen molar-refractivity contribution in [3.63, 3.8) is 0 Å². The van der Waals surface area contributed by atoms with Crippen LogP contribution in [0.5, 0.6) is 11.5 Å². The van der Waals surface area contributed by atoms with E-state index in [4.69, 9.17) is 9.47 Å². The Balaban J connectivity index is 1.70. The van der Waals surface area contributed by atoms with E-state index in [1.165, 1.54) is 6.07 Å². The SMILES string of the molecule is COc1ccc(C2CC(c3ccc([N+](=O)[O-])s3)NC3C(C#N)C=NN23)cc1OC. The zero-order valence-corrected chi connectivity index (χ0v) is 16.6. The van der Waals surface area contributed by atoms with Crippen molar-refractivity contribution in [1.82, 2.24) is 10.3 Å². The smallest absolute Gasteiger partial charge is 0.324 e. The van der Waals surface area contributed by atoms with Crippen molar-refractivity contribution in [3.8, 4) is 17.6 Å². The van der Waals surface area contributed by atoms with Gasteiger partial charge in [0.2, 0.25) is 0 Å². The average Bonchev–Trinajstić information content (AvgIpc) is 3.39. The molecule has 2 aliphatic rings. The predicted molar refractivity (Wildman–Crippen MR) is 107 cm³/mol. The summed E-state index contributed by atoms with van der Waals surface area (Å²) in [6.45, 7) is 0. The fourth-order valence-corrected chi connectivity index (χ4v) is 4.70. The fraction of sp³-hybridized carbons (Fsp3) is 0.368. The lowest BCUT2D eigenvalue weighted by atomic mass is 9.92. The summed E-state index contributed by atoms with van der Waals surface area (Å²) in [5, 5.41) is 30.5. The minimum Gasteiger partial charge on any atom is -0.493 e. The van der Waals surface area contributed by atoms with Gasteiger partial charge in [0.05, 0.1) is 31.3 Å². The molecule has 1 N–H and O–H groups in total. The fourth-order valence-electron chi connectivity index (χ4n) is 3.81. The van der Waals surface area contributed by atoms with Gasteiger partial charge in [-0.3, -0.25) is 20.4 Å². The number of fused-ring (bicyclic) bond motifs is 1. The second-order valence-electron chi connectivity index (χ2n) is 6.76. The molecular formula is C19H19N5O4S. The molecule has 1 fully saturated rings. The molecule has 0 radical (unpaired) electrons. The third kappa shape index (κ3) is 3.39. The van der Waals surface area contributed by atoms with Crippen molar-refractivity contribution in [2.24, 2.45) is 11.0 Å². The van der Waals surface area contributed by atoms with Crippen molar-refractivity contribution in [3.05, 3.63) is 50.9 Å². The van der Waals surface area contributed by atoms with E-state index in [9.17, 15) is 15.4 Å². The van der Waals surface area contributed by atoms with Crippen molar-refractivity contribution >= 4 is 22.6 Å². The lowest BCUT2D eigenvalue weighted by Gasteiger charge is -2.42. The average molecular weight is 413 g/mol. The van der Waals surface area contributed by atoms with Crippen molar-refractivity contribution in [2.45, 2.75) is 24.7 Å². The lowest BCUT2D eigenvalue weighted by Crippen LogP contribution is -2.52. The van der Waals surface area contributed by atoms with Crippen LogP contribution in [0.25, 0.3) is 0 Å². The normalized spacial score (nSPS) is 25.3. The zero-order chi connectivity index (χ0) is 20.5. The standard InChI is InChI=1S/C19H19N5O4S/c1-27-15-4-3-11(7-16(15)28-2)14-8-13(17-5-6-18(29-17)24(25)26)22-19-12(9-20)10-21-23(14)19/h3-7,10,12-14,19,22H,8H2,1-2H3. The van der Waals surface area contributed by atoms with Gasteiger partial charge < -0.3 is 9.47 Å². The van der Waals surface area contributed by atoms with Gasteiger partial charge in [0.15, 0.2) is 11.5 Å². The van der Waals surface area contributed by atoms with Crippen LogP contribution in [0, 0.1) is 27.4 Å². The van der Waals surface area contributed by atoms with E-state index < -0.39 is 5.92 Å². The van der Waals surface area contributed by atoms with Gasteiger partial charge in [-0.15, -0.1) is 0 Å². The number of rotatable bonds is 5. The number of thiophene rings is 1. The van der Waals surface area contributed by atoms with Crippen LogP contribution in [0.4, 0.5) is 5.00 Å². The Hall–Kier alpha value is -3.16. The number of hydrogen-bond donors (Lipinski definition) is 1. The van der Waals surface area contributed by atoms with Gasteiger partial charge >= 0.3 is 5.00 Å². The Labute approximate surface area is 171 Å². The first kappa shape index (κ1) is 19.2. The molecule has 29 heavy (non-hydrogen) atoms. The summed E-state index contributed by atoms with van der Waals surface area (Å²) in [5.41, 5.74) is 0.973. The van der Waals surface area contributed by atoms with Crippen molar-refractivity contribution in [1.29, 1.82) is 5.26 Å². The first-order valence-electron chi connectivity index (χ1n) is 9.00. The minimum atomic E-state index is -0.407. The van der Waals surface area contributed by atoms with Gasteiger partial charge in [0.1, 0.15) is 12.1 Å². The molecule has 0 spiro atoms. The van der Waals surface area contributed by atoms with E-state index in [0.717, 1.165) is 21.8 Å². The third-order valence-electron chi connectivity index (χ3n) is 5.21. The zero-order valence-electron chi connectivity index (χ0n) is 15.8. The Bertz CT molecular complexity index is 1000. The molecule has 2 aromatic rings. The summed E-state index contributed by atoms with van der Waals surface area (Å²) < 4.78 is 10.8. The number of nitriles is 1. The van der Waals surface area contributed by atoms with Crippen LogP contribution in [0.3, 0.4) is 0 Å². The number of nitro groups is 1. The molecule has 1 saturated heterocycles. The summed E-state index contributed by atoms with van der Waals surface area (Å²) in [4.78, 5) is 11.6. The van der Waals surface area contributed by atoms with Gasteiger partial charge in [-0.05, 0) is 30.2 Å². The van der Waals surface area contributed by atoms with Crippen LogP contribution in [-0.4, -0.2) is 36.5 Å². The van der Waals surface area contributed by atoms with Crippen LogP contribution < -0.4 is 14.8 Å². The van der Waals surface area contributed by atoms with E-state index in [1.54, 1.807) is 26.5 Å². The molecule has 150 valence electrons. The Kier molecular flexibility index (Phi) is 5.08. The van der Waals surface area contributed by atoms with Crippen LogP contribution in [-0.2, 0) is 0 Å². The molecular weight excluding hydrogens is 394 g/mol. The molecule has 1 aromatic carbocycles. The number of nitrogens with one attached hydrogen (secondary N) is 1. The monoisotopic (exact) mass is 413 g/mol. The van der Waals surface area contributed by atoms with Crippen molar-refractivity contribution in [2.75, 3.05) is 14.2 Å². The number of hydrogen-bond acceptors (Lipinski definition) is 9. The molecule has 3 heterocycles. The second-order valence-corrected chi connectivity index (χ2v) is 7.86. The Morgan fingerprint density at radius 1 is 1.31 bits per heavy atom. The summed E-state index contributed by atoms with van der Waals surface area (Å²) in [6.07, 6.45) is 1.97. The van der Waals surface area contributed by atoms with E-state index in [2.05, 4.69) is 16.5 Å².